The van der Waals surface area contributed by atoms with Crippen LogP contribution in [0.15, 0.2) is 48.5 Å². The fourth-order valence-corrected chi connectivity index (χ4v) is 4.58. The summed E-state index contributed by atoms with van der Waals surface area (Å²) in [6.07, 6.45) is 4.52. The van der Waals surface area contributed by atoms with Gasteiger partial charge in [0.1, 0.15) is 11.2 Å². The standard InChI is InChI=1S/C20H21NO2/c1-21-18-9-5-4-8-17(18)20(19(21)23,14-6-2-3-7-14)15-10-12-16(22)13-11-15/h4-5,8-14,22H,2-3,6-7H2,1H3. The van der Waals surface area contributed by atoms with Crippen LogP contribution in [-0.4, -0.2) is 18.1 Å². The largest absolute Gasteiger partial charge is 0.508 e. The number of hydrogen-bond donors (Lipinski definition) is 1. The molecule has 0 spiro atoms. The molecule has 1 aliphatic heterocycles. The highest BCUT2D eigenvalue weighted by atomic mass is 16.3. The number of aromatic hydroxyl groups is 1. The summed E-state index contributed by atoms with van der Waals surface area (Å²) in [7, 11) is 1.87. The van der Waals surface area contributed by atoms with Crippen LogP contribution in [0.2, 0.25) is 0 Å². The molecule has 0 radical (unpaired) electrons. The number of amides is 1. The molecule has 118 valence electrons. The van der Waals surface area contributed by atoms with Gasteiger partial charge < -0.3 is 10.0 Å². The monoisotopic (exact) mass is 307 g/mol. The van der Waals surface area contributed by atoms with Gasteiger partial charge in [-0.05, 0) is 48.1 Å². The van der Waals surface area contributed by atoms with Gasteiger partial charge in [-0.25, -0.2) is 0 Å². The van der Waals surface area contributed by atoms with E-state index in [1.165, 1.54) is 12.8 Å². The van der Waals surface area contributed by atoms with Crippen LogP contribution >= 0.6 is 0 Å². The van der Waals surface area contributed by atoms with Crippen molar-refractivity contribution in [2.75, 3.05) is 11.9 Å². The van der Waals surface area contributed by atoms with Crippen molar-refractivity contribution in [3.63, 3.8) is 0 Å². The van der Waals surface area contributed by atoms with Crippen LogP contribution in [0.4, 0.5) is 5.69 Å². The summed E-state index contributed by atoms with van der Waals surface area (Å²) in [5.41, 5.74) is 2.53. The lowest BCUT2D eigenvalue weighted by atomic mass is 9.65. The number of hydrogen-bond acceptors (Lipinski definition) is 2. The number of para-hydroxylation sites is 1. The average Bonchev–Trinajstić information content (AvgIpc) is 3.17. The predicted octanol–water partition coefficient (Wildman–Crippen LogP) is 3.84. The smallest absolute Gasteiger partial charge is 0.242 e. The van der Waals surface area contributed by atoms with E-state index in [1.54, 1.807) is 17.0 Å². The highest BCUT2D eigenvalue weighted by Crippen LogP contribution is 2.54. The van der Waals surface area contributed by atoms with Crippen molar-refractivity contribution in [2.45, 2.75) is 31.1 Å². The Bertz CT molecular complexity index is 746. The Kier molecular flexibility index (Phi) is 3.19. The lowest BCUT2D eigenvalue weighted by Gasteiger charge is -2.35. The molecule has 3 heteroatoms. The summed E-state index contributed by atoms with van der Waals surface area (Å²) >= 11 is 0. The highest BCUT2D eigenvalue weighted by Gasteiger charge is 2.55. The normalized spacial score (nSPS) is 24.2. The molecule has 0 aromatic heterocycles. The van der Waals surface area contributed by atoms with E-state index in [2.05, 4.69) is 6.07 Å². The maximum absolute atomic E-state index is 13.4. The van der Waals surface area contributed by atoms with Crippen molar-refractivity contribution >= 4 is 11.6 Å². The second-order valence-electron chi connectivity index (χ2n) is 6.72. The maximum Gasteiger partial charge on any atom is 0.242 e. The fraction of sp³-hybridized carbons (Fsp3) is 0.350. The van der Waals surface area contributed by atoms with Gasteiger partial charge >= 0.3 is 0 Å². The van der Waals surface area contributed by atoms with Gasteiger partial charge in [0.05, 0.1) is 0 Å². The molecule has 1 fully saturated rings. The summed E-state index contributed by atoms with van der Waals surface area (Å²) in [6, 6.07) is 15.4. The number of phenols is 1. The molecule has 23 heavy (non-hydrogen) atoms. The second-order valence-corrected chi connectivity index (χ2v) is 6.72. The third kappa shape index (κ3) is 1.86. The molecule has 1 unspecified atom stereocenters. The summed E-state index contributed by atoms with van der Waals surface area (Å²) in [4.78, 5) is 15.2. The molecule has 1 heterocycles. The maximum atomic E-state index is 13.4. The molecule has 0 bridgehead atoms. The number of likely N-dealkylation sites (N-methyl/N-ethyl adjacent to an activating group) is 1. The lowest BCUT2D eigenvalue weighted by Crippen LogP contribution is -2.44. The van der Waals surface area contributed by atoms with E-state index in [4.69, 9.17) is 0 Å². The molecular formula is C20H21NO2. The van der Waals surface area contributed by atoms with Crippen molar-refractivity contribution in [1.82, 2.24) is 0 Å². The number of carbonyl (C=O) groups excluding carboxylic acids is 1. The Morgan fingerprint density at radius 2 is 1.70 bits per heavy atom. The van der Waals surface area contributed by atoms with Gasteiger partial charge in [-0.3, -0.25) is 4.79 Å². The van der Waals surface area contributed by atoms with E-state index in [0.717, 1.165) is 29.7 Å². The molecule has 2 aromatic carbocycles. The summed E-state index contributed by atoms with van der Waals surface area (Å²) < 4.78 is 0. The van der Waals surface area contributed by atoms with Crippen LogP contribution in [0.3, 0.4) is 0 Å². The Morgan fingerprint density at radius 1 is 1.04 bits per heavy atom. The number of benzene rings is 2. The van der Waals surface area contributed by atoms with Gasteiger partial charge in [0, 0.05) is 12.7 Å². The third-order valence-corrected chi connectivity index (χ3v) is 5.62. The van der Waals surface area contributed by atoms with Gasteiger partial charge in [-0.1, -0.05) is 43.2 Å². The molecule has 1 atom stereocenters. The first-order valence-corrected chi connectivity index (χ1v) is 8.33. The topological polar surface area (TPSA) is 40.5 Å². The van der Waals surface area contributed by atoms with Crippen molar-refractivity contribution in [1.29, 1.82) is 0 Å². The fourth-order valence-electron chi connectivity index (χ4n) is 4.58. The number of fused-ring (bicyclic) bond motifs is 1. The number of nitrogens with zero attached hydrogens (tertiary/aromatic N) is 1. The first-order chi connectivity index (χ1) is 11.2. The Balaban J connectivity index is 2.00. The average molecular weight is 307 g/mol. The van der Waals surface area contributed by atoms with E-state index < -0.39 is 5.41 Å². The van der Waals surface area contributed by atoms with Crippen molar-refractivity contribution in [2.24, 2.45) is 5.92 Å². The van der Waals surface area contributed by atoms with E-state index in [9.17, 15) is 9.90 Å². The third-order valence-electron chi connectivity index (χ3n) is 5.62. The molecule has 1 aliphatic carbocycles. The van der Waals surface area contributed by atoms with Gasteiger partial charge in [0.25, 0.3) is 0 Å². The van der Waals surface area contributed by atoms with Crippen LogP contribution in [0.5, 0.6) is 5.75 Å². The molecular weight excluding hydrogens is 286 g/mol. The van der Waals surface area contributed by atoms with E-state index in [-0.39, 0.29) is 11.7 Å². The molecule has 3 nitrogen and oxygen atoms in total. The summed E-state index contributed by atoms with van der Waals surface area (Å²) in [6.45, 7) is 0. The Morgan fingerprint density at radius 3 is 2.39 bits per heavy atom. The Hall–Kier alpha value is -2.29. The van der Waals surface area contributed by atoms with Crippen LogP contribution in [-0.2, 0) is 10.2 Å². The second kappa shape index (κ2) is 5.12. The van der Waals surface area contributed by atoms with Gasteiger partial charge in [0.15, 0.2) is 0 Å². The van der Waals surface area contributed by atoms with Crippen molar-refractivity contribution in [3.8, 4) is 5.75 Å². The van der Waals surface area contributed by atoms with Gasteiger partial charge in [-0.2, -0.15) is 0 Å². The summed E-state index contributed by atoms with van der Waals surface area (Å²) in [5, 5.41) is 9.67. The number of anilines is 1. The van der Waals surface area contributed by atoms with E-state index >= 15 is 0 Å². The first kappa shape index (κ1) is 14.3. The minimum absolute atomic E-state index is 0.163. The first-order valence-electron chi connectivity index (χ1n) is 8.33. The highest BCUT2D eigenvalue weighted by molar-refractivity contribution is 6.10. The number of carbonyl (C=O) groups is 1. The van der Waals surface area contributed by atoms with E-state index in [1.807, 2.05) is 37.4 Å². The Labute approximate surface area is 136 Å². The molecule has 1 N–H and O–H groups in total. The van der Waals surface area contributed by atoms with Crippen LogP contribution in [0, 0.1) is 5.92 Å². The number of phenolic OH excluding ortho intramolecular Hbond substituents is 1. The van der Waals surface area contributed by atoms with Crippen molar-refractivity contribution in [3.05, 3.63) is 59.7 Å². The SMILES string of the molecule is CN1C(=O)C(c2ccc(O)cc2)(C2CCCC2)c2ccccc21. The zero-order valence-corrected chi connectivity index (χ0v) is 13.3. The molecule has 2 aliphatic rings. The number of rotatable bonds is 2. The minimum Gasteiger partial charge on any atom is -0.508 e. The molecule has 2 aromatic rings. The van der Waals surface area contributed by atoms with Crippen molar-refractivity contribution < 1.29 is 9.90 Å². The van der Waals surface area contributed by atoms with Crippen LogP contribution in [0.1, 0.15) is 36.8 Å². The van der Waals surface area contributed by atoms with E-state index in [0.29, 0.717) is 5.92 Å². The van der Waals surface area contributed by atoms with Gasteiger partial charge in [-0.15, -0.1) is 0 Å². The zero-order chi connectivity index (χ0) is 16.0. The lowest BCUT2D eigenvalue weighted by molar-refractivity contribution is -0.123. The van der Waals surface area contributed by atoms with Crippen LogP contribution < -0.4 is 4.90 Å². The van der Waals surface area contributed by atoms with Crippen LogP contribution in [0.25, 0.3) is 0 Å². The predicted molar refractivity (Wildman–Crippen MR) is 90.7 cm³/mol. The minimum atomic E-state index is -0.602. The quantitative estimate of drug-likeness (QED) is 0.915. The molecule has 1 amide bonds. The molecule has 1 saturated carbocycles. The molecule has 0 saturated heterocycles. The zero-order valence-electron chi connectivity index (χ0n) is 13.3. The summed E-state index contributed by atoms with van der Waals surface area (Å²) in [5.74, 6) is 0.726. The molecule has 4 rings (SSSR count). The van der Waals surface area contributed by atoms with Gasteiger partial charge in [0.2, 0.25) is 5.91 Å².